The fourth-order valence-corrected chi connectivity index (χ4v) is 1.62. The average molecular weight is 258 g/mol. The van der Waals surface area contributed by atoms with Gasteiger partial charge >= 0.3 is 11.9 Å². The number of carboxylic acid groups (broad SMARTS) is 2. The van der Waals surface area contributed by atoms with Gasteiger partial charge in [0.1, 0.15) is 0 Å². The Bertz CT molecular complexity index is 294. The summed E-state index contributed by atoms with van der Waals surface area (Å²) in [6.45, 7) is 1.75. The van der Waals surface area contributed by atoms with Crippen molar-refractivity contribution in [2.24, 2.45) is 0 Å². The minimum Gasteiger partial charge on any atom is -0.481 e. The number of aliphatic hydroxyl groups excluding tert-OH is 1. The molecule has 0 bridgehead atoms. The van der Waals surface area contributed by atoms with Crippen LogP contribution in [0.3, 0.4) is 0 Å². The van der Waals surface area contributed by atoms with Gasteiger partial charge in [-0.25, -0.2) is 4.79 Å². The quantitative estimate of drug-likeness (QED) is 0.412. The van der Waals surface area contributed by atoms with Gasteiger partial charge in [-0.05, 0) is 26.2 Å². The third-order valence-electron chi connectivity index (χ3n) is 2.62. The molecule has 18 heavy (non-hydrogen) atoms. The average Bonchev–Trinajstić information content (AvgIpc) is 2.25. The van der Waals surface area contributed by atoms with Gasteiger partial charge in [0.25, 0.3) is 0 Å². The molecule has 0 radical (unpaired) electrons. The number of aliphatic hydroxyl groups is 1. The van der Waals surface area contributed by atoms with Crippen molar-refractivity contribution in [1.29, 1.82) is 0 Å². The predicted molar refractivity (Wildman–Crippen MR) is 67.4 cm³/mol. The van der Waals surface area contributed by atoms with E-state index in [1.807, 2.05) is 0 Å². The van der Waals surface area contributed by atoms with E-state index in [0.29, 0.717) is 6.42 Å². The molecule has 0 aliphatic heterocycles. The van der Waals surface area contributed by atoms with Gasteiger partial charge < -0.3 is 15.3 Å². The number of rotatable bonds is 10. The van der Waals surface area contributed by atoms with Crippen LogP contribution in [0.2, 0.25) is 0 Å². The summed E-state index contributed by atoms with van der Waals surface area (Å²) >= 11 is 0. The molecule has 0 unspecified atom stereocenters. The van der Waals surface area contributed by atoms with Gasteiger partial charge in [0.15, 0.2) is 0 Å². The van der Waals surface area contributed by atoms with Gasteiger partial charge in [-0.1, -0.05) is 25.3 Å². The Morgan fingerprint density at radius 3 is 2.22 bits per heavy atom. The first-order valence-electron chi connectivity index (χ1n) is 6.25. The van der Waals surface area contributed by atoms with Gasteiger partial charge in [0, 0.05) is 5.57 Å². The summed E-state index contributed by atoms with van der Waals surface area (Å²) in [6.07, 6.45) is 5.41. The number of carbonyl (C=O) groups is 2. The van der Waals surface area contributed by atoms with Crippen LogP contribution < -0.4 is 0 Å². The van der Waals surface area contributed by atoms with Crippen LogP contribution >= 0.6 is 0 Å². The summed E-state index contributed by atoms with van der Waals surface area (Å²) in [7, 11) is 0. The first-order valence-corrected chi connectivity index (χ1v) is 6.25. The molecule has 0 saturated carbocycles. The molecule has 5 nitrogen and oxygen atoms in total. The van der Waals surface area contributed by atoms with Crippen molar-refractivity contribution in [2.45, 2.75) is 58.0 Å². The predicted octanol–water partition coefficient (Wildman–Crippen LogP) is 2.19. The lowest BCUT2D eigenvalue weighted by atomic mass is 10.0. The molecule has 0 aliphatic rings. The van der Waals surface area contributed by atoms with Crippen molar-refractivity contribution < 1.29 is 24.9 Å². The third-order valence-corrected chi connectivity index (χ3v) is 2.62. The van der Waals surface area contributed by atoms with Gasteiger partial charge in [0.05, 0.1) is 12.5 Å². The van der Waals surface area contributed by atoms with E-state index in [0.717, 1.165) is 32.1 Å². The van der Waals surface area contributed by atoms with Gasteiger partial charge in [0.2, 0.25) is 0 Å². The van der Waals surface area contributed by atoms with Gasteiger partial charge in [-0.2, -0.15) is 0 Å². The van der Waals surface area contributed by atoms with E-state index < -0.39 is 11.9 Å². The lowest BCUT2D eigenvalue weighted by Gasteiger charge is -2.04. The van der Waals surface area contributed by atoms with E-state index in [1.165, 1.54) is 6.08 Å². The van der Waals surface area contributed by atoms with Gasteiger partial charge in [-0.3, -0.25) is 4.79 Å². The highest BCUT2D eigenvalue weighted by molar-refractivity contribution is 5.87. The number of carboxylic acids is 2. The summed E-state index contributed by atoms with van der Waals surface area (Å²) in [5.41, 5.74) is 0.174. The zero-order valence-corrected chi connectivity index (χ0v) is 10.8. The van der Waals surface area contributed by atoms with Crippen molar-refractivity contribution in [3.8, 4) is 0 Å². The first kappa shape index (κ1) is 16.6. The molecule has 104 valence electrons. The van der Waals surface area contributed by atoms with E-state index in [2.05, 4.69) is 0 Å². The summed E-state index contributed by atoms with van der Waals surface area (Å²) in [5.74, 6) is -2.06. The number of aliphatic carboxylic acids is 2. The highest BCUT2D eigenvalue weighted by Crippen LogP contribution is 2.12. The Balaban J connectivity index is 3.81. The van der Waals surface area contributed by atoms with E-state index >= 15 is 0 Å². The number of hydrogen-bond donors (Lipinski definition) is 3. The second-order valence-electron chi connectivity index (χ2n) is 4.43. The standard InChI is InChI=1S/C13H22O5/c1-10(14)6-4-2-3-5-7-11(13(17)18)8-9-12(15)16/h8,10,14H,2-7,9H2,1H3,(H,15,16)(H,17,18)/b11-8-/t10-/m0/s1. The highest BCUT2D eigenvalue weighted by atomic mass is 16.4. The molecule has 5 heteroatoms. The molecule has 0 aliphatic carbocycles. The molecule has 1 atom stereocenters. The fraction of sp³-hybridized carbons (Fsp3) is 0.692. The number of unbranched alkanes of at least 4 members (excludes halogenated alkanes) is 3. The van der Waals surface area contributed by atoms with E-state index in [1.54, 1.807) is 6.92 Å². The van der Waals surface area contributed by atoms with Crippen LogP contribution in [0.4, 0.5) is 0 Å². The van der Waals surface area contributed by atoms with Crippen LogP contribution in [0.1, 0.15) is 51.9 Å². The van der Waals surface area contributed by atoms with Crippen LogP contribution in [0, 0.1) is 0 Å². The Kier molecular flexibility index (Phi) is 8.92. The summed E-state index contributed by atoms with van der Waals surface area (Å²) in [5, 5.41) is 26.4. The summed E-state index contributed by atoms with van der Waals surface area (Å²) in [4.78, 5) is 21.2. The molecule has 0 aromatic rings. The molecule has 0 aromatic heterocycles. The van der Waals surface area contributed by atoms with Crippen LogP contribution in [0.5, 0.6) is 0 Å². The summed E-state index contributed by atoms with van der Waals surface area (Å²) < 4.78 is 0. The van der Waals surface area contributed by atoms with Crippen LogP contribution in [0.25, 0.3) is 0 Å². The molecule has 0 rings (SSSR count). The zero-order chi connectivity index (χ0) is 14.0. The van der Waals surface area contributed by atoms with Crippen LogP contribution in [-0.2, 0) is 9.59 Å². The second-order valence-corrected chi connectivity index (χ2v) is 4.43. The summed E-state index contributed by atoms with van der Waals surface area (Å²) in [6, 6.07) is 0. The van der Waals surface area contributed by atoms with Crippen molar-refractivity contribution in [3.05, 3.63) is 11.6 Å². The monoisotopic (exact) mass is 258 g/mol. The Hall–Kier alpha value is -1.36. The number of hydrogen-bond acceptors (Lipinski definition) is 3. The fourth-order valence-electron chi connectivity index (χ4n) is 1.62. The van der Waals surface area contributed by atoms with Crippen molar-refractivity contribution in [3.63, 3.8) is 0 Å². The molecule has 0 saturated heterocycles. The molecular formula is C13H22O5. The molecular weight excluding hydrogens is 236 g/mol. The second kappa shape index (κ2) is 9.65. The zero-order valence-electron chi connectivity index (χ0n) is 10.8. The largest absolute Gasteiger partial charge is 0.481 e. The topological polar surface area (TPSA) is 94.8 Å². The molecule has 0 aromatic carbocycles. The SMILES string of the molecule is C[C@H](O)CCCCCC/C(=C/CC(=O)O)C(=O)O. The van der Waals surface area contributed by atoms with E-state index in [4.69, 9.17) is 15.3 Å². The molecule has 3 N–H and O–H groups in total. The molecule has 0 heterocycles. The minimum absolute atomic E-state index is 0.174. The lowest BCUT2D eigenvalue weighted by molar-refractivity contribution is -0.136. The van der Waals surface area contributed by atoms with E-state index in [-0.39, 0.29) is 18.1 Å². The maximum absolute atomic E-state index is 10.8. The van der Waals surface area contributed by atoms with Crippen LogP contribution in [0.15, 0.2) is 11.6 Å². The third kappa shape index (κ3) is 9.84. The van der Waals surface area contributed by atoms with Crippen molar-refractivity contribution in [2.75, 3.05) is 0 Å². The minimum atomic E-state index is -1.04. The van der Waals surface area contributed by atoms with Crippen LogP contribution in [-0.4, -0.2) is 33.4 Å². The Labute approximate surface area is 107 Å². The van der Waals surface area contributed by atoms with Crippen molar-refractivity contribution in [1.82, 2.24) is 0 Å². The smallest absolute Gasteiger partial charge is 0.331 e. The normalized spacial score (nSPS) is 13.3. The van der Waals surface area contributed by atoms with Gasteiger partial charge in [-0.15, -0.1) is 0 Å². The lowest BCUT2D eigenvalue weighted by Crippen LogP contribution is -2.03. The highest BCUT2D eigenvalue weighted by Gasteiger charge is 2.07. The first-order chi connectivity index (χ1) is 8.43. The Morgan fingerprint density at radius 2 is 1.72 bits per heavy atom. The maximum Gasteiger partial charge on any atom is 0.331 e. The van der Waals surface area contributed by atoms with E-state index in [9.17, 15) is 9.59 Å². The maximum atomic E-state index is 10.8. The molecule has 0 amide bonds. The van der Waals surface area contributed by atoms with Crippen molar-refractivity contribution >= 4 is 11.9 Å². The molecule has 0 fully saturated rings. The molecule has 0 spiro atoms. The Morgan fingerprint density at radius 1 is 1.11 bits per heavy atom.